The average molecular weight is 294 g/mol. The van der Waals surface area contributed by atoms with Gasteiger partial charge in [-0.15, -0.1) is 0 Å². The van der Waals surface area contributed by atoms with Gasteiger partial charge < -0.3 is 20.1 Å². The van der Waals surface area contributed by atoms with Crippen molar-refractivity contribution >= 4 is 5.91 Å². The predicted molar refractivity (Wildman–Crippen MR) is 83.8 cm³/mol. The standard InChI is InChI=1S/C16H26N2O3/c1-6-17-10-12-7-8-13(20-5)14(9-12)21-11-15(19)18-16(2,3)4/h7-9,17H,6,10-11H2,1-5H3,(H,18,19). The van der Waals surface area contributed by atoms with Crippen molar-refractivity contribution in [2.45, 2.75) is 39.8 Å². The first-order chi connectivity index (χ1) is 9.85. The number of carbonyl (C=O) groups is 1. The third-order valence-corrected chi connectivity index (χ3v) is 2.68. The third kappa shape index (κ3) is 6.49. The first kappa shape index (κ1) is 17.3. The van der Waals surface area contributed by atoms with E-state index in [0.717, 1.165) is 18.7 Å². The summed E-state index contributed by atoms with van der Waals surface area (Å²) < 4.78 is 10.9. The van der Waals surface area contributed by atoms with E-state index in [1.54, 1.807) is 7.11 Å². The molecule has 0 saturated heterocycles. The SMILES string of the molecule is CCNCc1ccc(OC)c(OCC(=O)NC(C)(C)C)c1. The van der Waals surface area contributed by atoms with Crippen LogP contribution < -0.4 is 20.1 Å². The van der Waals surface area contributed by atoms with Gasteiger partial charge in [0.2, 0.25) is 0 Å². The summed E-state index contributed by atoms with van der Waals surface area (Å²) in [5, 5.41) is 6.11. The highest BCUT2D eigenvalue weighted by atomic mass is 16.5. The van der Waals surface area contributed by atoms with Gasteiger partial charge in [-0.3, -0.25) is 4.79 Å². The molecule has 21 heavy (non-hydrogen) atoms. The van der Waals surface area contributed by atoms with Crippen molar-refractivity contribution in [2.24, 2.45) is 0 Å². The first-order valence-corrected chi connectivity index (χ1v) is 7.17. The smallest absolute Gasteiger partial charge is 0.258 e. The minimum atomic E-state index is -0.266. The van der Waals surface area contributed by atoms with E-state index in [1.807, 2.05) is 39.0 Å². The van der Waals surface area contributed by atoms with Gasteiger partial charge in [0.25, 0.3) is 5.91 Å². The monoisotopic (exact) mass is 294 g/mol. The molecule has 0 bridgehead atoms. The van der Waals surface area contributed by atoms with E-state index in [0.29, 0.717) is 11.5 Å². The van der Waals surface area contributed by atoms with Crippen LogP contribution in [-0.4, -0.2) is 31.7 Å². The van der Waals surface area contributed by atoms with E-state index >= 15 is 0 Å². The Morgan fingerprint density at radius 1 is 1.24 bits per heavy atom. The van der Waals surface area contributed by atoms with Gasteiger partial charge in [-0.25, -0.2) is 0 Å². The average Bonchev–Trinajstić information content (AvgIpc) is 2.41. The lowest BCUT2D eigenvalue weighted by Crippen LogP contribution is -2.43. The molecule has 0 saturated carbocycles. The van der Waals surface area contributed by atoms with Crippen LogP contribution in [-0.2, 0) is 11.3 Å². The molecular formula is C16H26N2O3. The maximum absolute atomic E-state index is 11.8. The number of methoxy groups -OCH3 is 1. The number of rotatable bonds is 7. The Hall–Kier alpha value is -1.75. The van der Waals surface area contributed by atoms with Crippen LogP contribution in [0.4, 0.5) is 0 Å². The Morgan fingerprint density at radius 2 is 1.95 bits per heavy atom. The Labute approximate surface area is 127 Å². The molecule has 0 aromatic heterocycles. The molecule has 1 aromatic carbocycles. The van der Waals surface area contributed by atoms with Gasteiger partial charge >= 0.3 is 0 Å². The van der Waals surface area contributed by atoms with Crippen molar-refractivity contribution < 1.29 is 14.3 Å². The fraction of sp³-hybridized carbons (Fsp3) is 0.562. The van der Waals surface area contributed by atoms with Gasteiger partial charge in [0.1, 0.15) is 0 Å². The number of hydrogen-bond donors (Lipinski definition) is 2. The van der Waals surface area contributed by atoms with Crippen LogP contribution in [0.5, 0.6) is 11.5 Å². The molecule has 2 N–H and O–H groups in total. The zero-order valence-corrected chi connectivity index (χ0v) is 13.6. The Balaban J connectivity index is 2.69. The normalized spacial score (nSPS) is 11.1. The molecule has 0 fully saturated rings. The number of benzene rings is 1. The Kier molecular flexibility index (Phi) is 6.49. The van der Waals surface area contributed by atoms with Crippen LogP contribution in [0.25, 0.3) is 0 Å². The van der Waals surface area contributed by atoms with Crippen molar-refractivity contribution in [3.8, 4) is 11.5 Å². The molecule has 0 aliphatic rings. The number of hydrogen-bond acceptors (Lipinski definition) is 4. The van der Waals surface area contributed by atoms with Gasteiger partial charge in [0.15, 0.2) is 18.1 Å². The van der Waals surface area contributed by atoms with E-state index in [4.69, 9.17) is 9.47 Å². The van der Waals surface area contributed by atoms with Crippen LogP contribution in [0.2, 0.25) is 0 Å². The second-order valence-corrected chi connectivity index (χ2v) is 5.85. The molecule has 1 amide bonds. The molecule has 0 radical (unpaired) electrons. The Bertz CT molecular complexity index is 467. The van der Waals surface area contributed by atoms with E-state index < -0.39 is 0 Å². The first-order valence-electron chi connectivity index (χ1n) is 7.17. The molecule has 5 heteroatoms. The van der Waals surface area contributed by atoms with Gasteiger partial charge in [-0.05, 0) is 45.0 Å². The topological polar surface area (TPSA) is 59.6 Å². The minimum Gasteiger partial charge on any atom is -0.493 e. The number of amides is 1. The number of ether oxygens (including phenoxy) is 2. The van der Waals surface area contributed by atoms with E-state index in [9.17, 15) is 4.79 Å². The Morgan fingerprint density at radius 3 is 2.52 bits per heavy atom. The highest BCUT2D eigenvalue weighted by Crippen LogP contribution is 2.28. The summed E-state index contributed by atoms with van der Waals surface area (Å²) in [4.78, 5) is 11.8. The summed E-state index contributed by atoms with van der Waals surface area (Å²) in [5.74, 6) is 1.05. The molecule has 0 aliphatic heterocycles. The molecule has 5 nitrogen and oxygen atoms in total. The largest absolute Gasteiger partial charge is 0.493 e. The van der Waals surface area contributed by atoms with Crippen LogP contribution in [0, 0.1) is 0 Å². The second kappa shape index (κ2) is 7.88. The van der Waals surface area contributed by atoms with Gasteiger partial charge in [-0.2, -0.15) is 0 Å². The summed E-state index contributed by atoms with van der Waals surface area (Å²) >= 11 is 0. The highest BCUT2D eigenvalue weighted by Gasteiger charge is 2.15. The molecule has 0 aliphatic carbocycles. The van der Waals surface area contributed by atoms with Crippen LogP contribution in [0.15, 0.2) is 18.2 Å². The summed E-state index contributed by atoms with van der Waals surface area (Å²) in [5.41, 5.74) is 0.820. The van der Waals surface area contributed by atoms with E-state index in [2.05, 4.69) is 17.6 Å². The molecule has 1 rings (SSSR count). The zero-order chi connectivity index (χ0) is 15.9. The van der Waals surface area contributed by atoms with E-state index in [-0.39, 0.29) is 18.1 Å². The molecule has 0 heterocycles. The maximum atomic E-state index is 11.8. The minimum absolute atomic E-state index is 0.0295. The number of carbonyl (C=O) groups excluding carboxylic acids is 1. The summed E-state index contributed by atoms with van der Waals surface area (Å²) in [7, 11) is 1.58. The van der Waals surface area contributed by atoms with Crippen molar-refractivity contribution in [3.63, 3.8) is 0 Å². The quantitative estimate of drug-likeness (QED) is 0.808. The highest BCUT2D eigenvalue weighted by molar-refractivity contribution is 5.78. The maximum Gasteiger partial charge on any atom is 0.258 e. The van der Waals surface area contributed by atoms with Crippen LogP contribution in [0.1, 0.15) is 33.3 Å². The zero-order valence-electron chi connectivity index (χ0n) is 13.6. The van der Waals surface area contributed by atoms with Gasteiger partial charge in [0.05, 0.1) is 7.11 Å². The van der Waals surface area contributed by atoms with Crippen molar-refractivity contribution in [2.75, 3.05) is 20.3 Å². The molecule has 1 aromatic rings. The summed E-state index contributed by atoms with van der Waals surface area (Å²) in [6, 6.07) is 5.72. The van der Waals surface area contributed by atoms with Crippen molar-refractivity contribution in [3.05, 3.63) is 23.8 Å². The van der Waals surface area contributed by atoms with Crippen LogP contribution in [0.3, 0.4) is 0 Å². The lowest BCUT2D eigenvalue weighted by Gasteiger charge is -2.20. The lowest BCUT2D eigenvalue weighted by atomic mass is 10.1. The van der Waals surface area contributed by atoms with Crippen molar-refractivity contribution in [1.82, 2.24) is 10.6 Å². The van der Waals surface area contributed by atoms with Crippen molar-refractivity contribution in [1.29, 1.82) is 0 Å². The molecule has 0 unspecified atom stereocenters. The molecule has 118 valence electrons. The third-order valence-electron chi connectivity index (χ3n) is 2.68. The fourth-order valence-corrected chi connectivity index (χ4v) is 1.81. The summed E-state index contributed by atoms with van der Waals surface area (Å²) in [6.45, 7) is 9.48. The number of nitrogens with one attached hydrogen (secondary N) is 2. The van der Waals surface area contributed by atoms with Gasteiger partial charge in [0, 0.05) is 12.1 Å². The second-order valence-electron chi connectivity index (χ2n) is 5.85. The van der Waals surface area contributed by atoms with E-state index in [1.165, 1.54) is 0 Å². The van der Waals surface area contributed by atoms with Crippen LogP contribution >= 0.6 is 0 Å². The fourth-order valence-electron chi connectivity index (χ4n) is 1.81. The molecule has 0 spiro atoms. The molecule has 0 atom stereocenters. The summed E-state index contributed by atoms with van der Waals surface area (Å²) in [6.07, 6.45) is 0. The lowest BCUT2D eigenvalue weighted by molar-refractivity contribution is -0.124. The van der Waals surface area contributed by atoms with Gasteiger partial charge in [-0.1, -0.05) is 13.0 Å². The predicted octanol–water partition coefficient (Wildman–Crippen LogP) is 2.10. The molecular weight excluding hydrogens is 268 g/mol.